The van der Waals surface area contributed by atoms with Gasteiger partial charge in [0.05, 0.1) is 0 Å². The Labute approximate surface area is 88.0 Å². The number of hydrogen-bond donors (Lipinski definition) is 0. The van der Waals surface area contributed by atoms with Gasteiger partial charge < -0.3 is 13.9 Å². The van der Waals surface area contributed by atoms with Gasteiger partial charge in [-0.1, -0.05) is 6.92 Å². The Bertz CT molecular complexity index is 182. The molecule has 0 radical (unpaired) electrons. The molecule has 0 aliphatic carbocycles. The molecule has 0 bridgehead atoms. The molecule has 0 heterocycles. The fraction of sp³-hybridized carbons (Fsp3) is 0.889. The highest BCUT2D eigenvalue weighted by Crippen LogP contribution is 2.42. The van der Waals surface area contributed by atoms with Crippen LogP contribution in [-0.2, 0) is 9.05 Å². The van der Waals surface area contributed by atoms with Crippen molar-refractivity contribution in [1.82, 2.24) is 4.67 Å². The van der Waals surface area contributed by atoms with Crippen LogP contribution in [0, 0.1) is 6.57 Å². The third kappa shape index (κ3) is 4.88. The largest absolute Gasteiger partial charge is 0.325 e. The molecule has 0 aromatic carbocycles. The molecule has 0 amide bonds. The summed E-state index contributed by atoms with van der Waals surface area (Å²) in [7, 11) is 0.664. The highest BCUT2D eigenvalue weighted by Gasteiger charge is 2.21. The molecule has 0 rings (SSSR count). The van der Waals surface area contributed by atoms with E-state index in [4.69, 9.17) is 15.6 Å². The lowest BCUT2D eigenvalue weighted by molar-refractivity contribution is 0.225. The van der Waals surface area contributed by atoms with Crippen LogP contribution >= 0.6 is 8.53 Å². The average molecular weight is 218 g/mol. The van der Waals surface area contributed by atoms with Crippen LogP contribution in [0.1, 0.15) is 20.8 Å². The van der Waals surface area contributed by atoms with Gasteiger partial charge in [-0.2, -0.15) is 0 Å². The summed E-state index contributed by atoms with van der Waals surface area (Å²) < 4.78 is 12.9. The summed E-state index contributed by atoms with van der Waals surface area (Å²) in [5.74, 6) is 0. The molecule has 4 nitrogen and oxygen atoms in total. The van der Waals surface area contributed by atoms with Crippen molar-refractivity contribution < 1.29 is 9.05 Å². The minimum Gasteiger partial charge on any atom is -0.325 e. The summed E-state index contributed by atoms with van der Waals surface area (Å²) in [4.78, 5) is 3.23. The van der Waals surface area contributed by atoms with Gasteiger partial charge in [-0.15, -0.1) is 0 Å². The molecule has 0 aliphatic rings. The van der Waals surface area contributed by atoms with Crippen LogP contribution in [0.4, 0.5) is 0 Å². The van der Waals surface area contributed by atoms with Gasteiger partial charge in [0.1, 0.15) is 6.61 Å². The molecule has 0 aromatic rings. The maximum atomic E-state index is 6.64. The van der Waals surface area contributed by atoms with Crippen LogP contribution in [-0.4, -0.2) is 37.5 Å². The van der Waals surface area contributed by atoms with E-state index in [9.17, 15) is 0 Å². The lowest BCUT2D eigenvalue weighted by Gasteiger charge is -2.30. The van der Waals surface area contributed by atoms with E-state index in [0.717, 1.165) is 6.54 Å². The first kappa shape index (κ1) is 13.8. The van der Waals surface area contributed by atoms with Crippen LogP contribution in [0.15, 0.2) is 0 Å². The van der Waals surface area contributed by atoms with Crippen molar-refractivity contribution in [1.29, 1.82) is 0 Å². The van der Waals surface area contributed by atoms with E-state index < -0.39 is 8.53 Å². The van der Waals surface area contributed by atoms with Crippen molar-refractivity contribution in [3.8, 4) is 0 Å². The van der Waals surface area contributed by atoms with Gasteiger partial charge in [0.25, 0.3) is 8.53 Å². The molecular formula is C9H19N2O2P. The molecule has 5 heteroatoms. The smallest absolute Gasteiger partial charge is 0.258 e. The molecular weight excluding hydrogens is 199 g/mol. The Morgan fingerprint density at radius 1 is 1.50 bits per heavy atom. The summed E-state index contributed by atoms with van der Waals surface area (Å²) in [5.41, 5.74) is 0. The maximum absolute atomic E-state index is 6.64. The van der Waals surface area contributed by atoms with Gasteiger partial charge >= 0.3 is 0 Å². The fourth-order valence-electron chi connectivity index (χ4n) is 1.07. The number of nitrogens with zero attached hydrogens (tertiary/aromatic N) is 2. The highest BCUT2D eigenvalue weighted by molar-refractivity contribution is 7.44. The summed E-state index contributed by atoms with van der Waals surface area (Å²) in [6.45, 7) is 14.7. The first-order valence-corrected chi connectivity index (χ1v) is 5.87. The summed E-state index contributed by atoms with van der Waals surface area (Å²) >= 11 is 0. The van der Waals surface area contributed by atoms with Gasteiger partial charge in [0, 0.05) is 19.7 Å². The molecule has 0 aliphatic heterocycles. The van der Waals surface area contributed by atoms with E-state index in [-0.39, 0.29) is 0 Å². The van der Waals surface area contributed by atoms with E-state index >= 15 is 0 Å². The van der Waals surface area contributed by atoms with Crippen molar-refractivity contribution in [2.24, 2.45) is 0 Å². The molecule has 14 heavy (non-hydrogen) atoms. The van der Waals surface area contributed by atoms with Crippen molar-refractivity contribution in [3.05, 3.63) is 11.4 Å². The number of rotatable bonds is 7. The summed E-state index contributed by atoms with van der Waals surface area (Å²) in [6.07, 6.45) is 0. The van der Waals surface area contributed by atoms with Gasteiger partial charge in [0.2, 0.25) is 6.54 Å². The van der Waals surface area contributed by atoms with E-state index in [1.165, 1.54) is 0 Å². The molecule has 1 unspecified atom stereocenters. The SMILES string of the molecule is [C-]#[N+]CCOP(OC)N(CC)C(C)C. The molecule has 0 spiro atoms. The lowest BCUT2D eigenvalue weighted by atomic mass is 10.4. The molecule has 0 saturated carbocycles. The van der Waals surface area contributed by atoms with Crippen molar-refractivity contribution >= 4 is 8.53 Å². The van der Waals surface area contributed by atoms with E-state index in [1.807, 2.05) is 0 Å². The fourth-order valence-corrected chi connectivity index (χ4v) is 2.37. The van der Waals surface area contributed by atoms with E-state index in [0.29, 0.717) is 19.2 Å². The van der Waals surface area contributed by atoms with Crippen molar-refractivity contribution in [2.45, 2.75) is 26.8 Å². The minimum absolute atomic E-state index is 0.401. The third-order valence-electron chi connectivity index (χ3n) is 1.69. The van der Waals surface area contributed by atoms with Gasteiger partial charge in [-0.05, 0) is 13.8 Å². The zero-order valence-corrected chi connectivity index (χ0v) is 10.3. The third-order valence-corrected chi connectivity index (χ3v) is 3.57. The predicted octanol–water partition coefficient (Wildman–Crippen LogP) is 2.53. The standard InChI is InChI=1S/C9H19N2O2P/c1-6-11(9(2)3)14(12-5)13-8-7-10-4/h9H,6-8H2,1-3,5H3. The van der Waals surface area contributed by atoms with Gasteiger partial charge in [0.15, 0.2) is 0 Å². The molecule has 0 fully saturated rings. The molecule has 82 valence electrons. The minimum atomic E-state index is -0.983. The number of hydrogen-bond acceptors (Lipinski definition) is 3. The molecule has 0 saturated heterocycles. The predicted molar refractivity (Wildman–Crippen MR) is 58.9 cm³/mol. The highest BCUT2D eigenvalue weighted by atomic mass is 31.2. The Kier molecular flexibility index (Phi) is 8.02. The van der Waals surface area contributed by atoms with Crippen LogP contribution in [0.3, 0.4) is 0 Å². The Hall–Kier alpha value is -0.200. The second-order valence-corrected chi connectivity index (χ2v) is 4.60. The average Bonchev–Trinajstić information content (AvgIpc) is 2.16. The zero-order chi connectivity index (χ0) is 11.0. The van der Waals surface area contributed by atoms with E-state index in [1.54, 1.807) is 7.11 Å². The molecule has 1 atom stereocenters. The Balaban J connectivity index is 4.02. The quantitative estimate of drug-likeness (QED) is 0.373. The van der Waals surface area contributed by atoms with Crippen LogP contribution in [0.5, 0.6) is 0 Å². The Morgan fingerprint density at radius 2 is 2.14 bits per heavy atom. The molecule has 0 aromatic heterocycles. The zero-order valence-electron chi connectivity index (χ0n) is 9.36. The first-order chi connectivity index (χ1) is 6.67. The lowest BCUT2D eigenvalue weighted by Crippen LogP contribution is -2.27. The monoisotopic (exact) mass is 218 g/mol. The van der Waals surface area contributed by atoms with Crippen LogP contribution < -0.4 is 0 Å². The Morgan fingerprint density at radius 3 is 2.50 bits per heavy atom. The first-order valence-electron chi connectivity index (χ1n) is 4.74. The van der Waals surface area contributed by atoms with E-state index in [2.05, 4.69) is 30.3 Å². The summed E-state index contributed by atoms with van der Waals surface area (Å²) in [5, 5.41) is 0. The second kappa shape index (κ2) is 8.14. The van der Waals surface area contributed by atoms with Crippen molar-refractivity contribution in [3.63, 3.8) is 0 Å². The van der Waals surface area contributed by atoms with Crippen LogP contribution in [0.2, 0.25) is 0 Å². The van der Waals surface area contributed by atoms with Crippen molar-refractivity contribution in [2.75, 3.05) is 26.8 Å². The van der Waals surface area contributed by atoms with Crippen LogP contribution in [0.25, 0.3) is 4.85 Å². The summed E-state index contributed by atoms with van der Waals surface area (Å²) in [6, 6.07) is 0.402. The second-order valence-electron chi connectivity index (χ2n) is 2.98. The topological polar surface area (TPSA) is 26.1 Å². The van der Waals surface area contributed by atoms with Gasteiger partial charge in [-0.3, -0.25) is 0 Å². The van der Waals surface area contributed by atoms with Gasteiger partial charge in [-0.25, -0.2) is 11.2 Å². The molecule has 0 N–H and O–H groups in total. The normalized spacial score (nSPS) is 13.2. The maximum Gasteiger partial charge on any atom is 0.258 e.